The van der Waals surface area contributed by atoms with Crippen LogP contribution in [-0.2, 0) is 4.74 Å². The molecule has 1 saturated heterocycles. The fraction of sp³-hybridized carbons (Fsp3) is 0.370. The van der Waals surface area contributed by atoms with Gasteiger partial charge in [0.25, 0.3) is 0 Å². The Labute approximate surface area is 232 Å². The molecule has 5 rings (SSSR count). The first-order chi connectivity index (χ1) is 18.6. The summed E-state index contributed by atoms with van der Waals surface area (Å²) in [4.78, 5) is 23.0. The second-order valence-electron chi connectivity index (χ2n) is 9.62. The summed E-state index contributed by atoms with van der Waals surface area (Å²) < 4.78 is 61.7. The van der Waals surface area contributed by atoms with E-state index in [4.69, 9.17) is 21.3 Å². The van der Waals surface area contributed by atoms with E-state index >= 15 is 4.39 Å². The molecule has 4 aliphatic heterocycles. The number of amidine groups is 1. The van der Waals surface area contributed by atoms with Gasteiger partial charge in [-0.1, -0.05) is 36.4 Å². The maximum Gasteiger partial charge on any atom is 0.406 e. The minimum atomic E-state index is -2.56. The van der Waals surface area contributed by atoms with Gasteiger partial charge < -0.3 is 15.0 Å². The van der Waals surface area contributed by atoms with Gasteiger partial charge in [0, 0.05) is 41.7 Å². The fourth-order valence-electron chi connectivity index (χ4n) is 5.07. The SMILES string of the molecule is C=C1C=CSC1C1=N[C@@H](c2ccc(F)cc2Cl)C(C2=NC(CC(F)F)C=C2)=C2CC(F)(COC(=O)NC)CN12. The average Bonchev–Trinajstić information content (AvgIpc) is 3.60. The molecule has 39 heavy (non-hydrogen) atoms. The van der Waals surface area contributed by atoms with Gasteiger partial charge in [0.1, 0.15) is 24.3 Å². The summed E-state index contributed by atoms with van der Waals surface area (Å²) in [5.41, 5.74) is 0.639. The van der Waals surface area contributed by atoms with Gasteiger partial charge in [0.15, 0.2) is 5.67 Å². The van der Waals surface area contributed by atoms with Crippen LogP contribution in [0, 0.1) is 5.82 Å². The van der Waals surface area contributed by atoms with Gasteiger partial charge >= 0.3 is 6.09 Å². The summed E-state index contributed by atoms with van der Waals surface area (Å²) in [7, 11) is 1.38. The lowest BCUT2D eigenvalue weighted by atomic mass is 9.90. The topological polar surface area (TPSA) is 66.3 Å². The number of carbonyl (C=O) groups excluding carboxylic acids is 1. The van der Waals surface area contributed by atoms with Crippen molar-refractivity contribution in [2.24, 2.45) is 9.98 Å². The van der Waals surface area contributed by atoms with Crippen molar-refractivity contribution in [3.05, 3.63) is 81.7 Å². The van der Waals surface area contributed by atoms with Crippen LogP contribution in [0.5, 0.6) is 0 Å². The third kappa shape index (κ3) is 5.51. The van der Waals surface area contributed by atoms with Crippen molar-refractivity contribution in [1.29, 1.82) is 0 Å². The molecule has 1 aromatic rings. The van der Waals surface area contributed by atoms with Crippen LogP contribution < -0.4 is 5.32 Å². The van der Waals surface area contributed by atoms with Crippen molar-refractivity contribution < 1.29 is 27.1 Å². The number of alkyl halides is 3. The molecule has 0 bridgehead atoms. The van der Waals surface area contributed by atoms with E-state index in [9.17, 15) is 18.0 Å². The number of thioether (sulfide) groups is 1. The van der Waals surface area contributed by atoms with Crippen molar-refractivity contribution >= 4 is 41.0 Å². The molecular formula is C27H25ClF4N4O2S. The minimum absolute atomic E-state index is 0.116. The molecule has 4 heterocycles. The molecule has 206 valence electrons. The predicted octanol–water partition coefficient (Wildman–Crippen LogP) is 6.18. The summed E-state index contributed by atoms with van der Waals surface area (Å²) in [6, 6.07) is 2.37. The number of halogens is 5. The number of aliphatic imine (C=N–C) groups is 2. The third-order valence-corrected chi connectivity index (χ3v) is 8.25. The lowest BCUT2D eigenvalue weighted by Gasteiger charge is -2.35. The second kappa shape index (κ2) is 10.8. The van der Waals surface area contributed by atoms with Crippen molar-refractivity contribution in [2.75, 3.05) is 20.2 Å². The molecule has 12 heteroatoms. The van der Waals surface area contributed by atoms with Crippen LogP contribution in [0.3, 0.4) is 0 Å². The Morgan fingerprint density at radius 2 is 2.15 bits per heavy atom. The van der Waals surface area contributed by atoms with Crippen LogP contribution in [0.25, 0.3) is 0 Å². The van der Waals surface area contributed by atoms with E-state index in [-0.39, 0.29) is 23.2 Å². The summed E-state index contributed by atoms with van der Waals surface area (Å²) >= 11 is 7.95. The zero-order chi connectivity index (χ0) is 27.9. The Kier molecular flexibility index (Phi) is 7.65. The van der Waals surface area contributed by atoms with E-state index in [0.29, 0.717) is 28.4 Å². The molecule has 0 aromatic heterocycles. The number of allylic oxidation sites excluding steroid dienone is 3. The van der Waals surface area contributed by atoms with Gasteiger partial charge in [-0.15, -0.1) is 11.8 Å². The zero-order valence-electron chi connectivity index (χ0n) is 20.8. The number of amides is 1. The molecule has 3 unspecified atom stereocenters. The average molecular weight is 581 g/mol. The lowest BCUT2D eigenvalue weighted by molar-refractivity contribution is 0.0587. The number of carbonyl (C=O) groups is 1. The summed E-state index contributed by atoms with van der Waals surface area (Å²) in [6.45, 7) is 3.44. The van der Waals surface area contributed by atoms with Crippen molar-refractivity contribution in [1.82, 2.24) is 10.2 Å². The van der Waals surface area contributed by atoms with Gasteiger partial charge in [0.05, 0.1) is 23.5 Å². The Hall–Kier alpha value is -3.05. The fourth-order valence-corrected chi connectivity index (χ4v) is 6.31. The van der Waals surface area contributed by atoms with E-state index in [0.717, 1.165) is 5.57 Å². The van der Waals surface area contributed by atoms with Gasteiger partial charge in [0.2, 0.25) is 6.43 Å². The first-order valence-electron chi connectivity index (χ1n) is 12.2. The zero-order valence-corrected chi connectivity index (χ0v) is 22.4. The normalized spacial score (nSPS) is 27.8. The number of nitrogens with zero attached hydrogens (tertiary/aromatic N) is 3. The molecule has 0 saturated carbocycles. The molecule has 0 radical (unpaired) electrons. The van der Waals surface area contributed by atoms with E-state index in [1.54, 1.807) is 17.1 Å². The summed E-state index contributed by atoms with van der Waals surface area (Å²) in [5.74, 6) is -0.0149. The van der Waals surface area contributed by atoms with Crippen LogP contribution in [0.15, 0.2) is 75.2 Å². The van der Waals surface area contributed by atoms with Crippen molar-refractivity contribution in [2.45, 2.75) is 42.3 Å². The molecule has 1 aromatic carbocycles. The molecule has 4 aliphatic rings. The largest absolute Gasteiger partial charge is 0.446 e. The number of benzene rings is 1. The highest BCUT2D eigenvalue weighted by atomic mass is 35.5. The van der Waals surface area contributed by atoms with Gasteiger partial charge in [-0.05, 0) is 29.2 Å². The molecular weight excluding hydrogens is 556 g/mol. The first kappa shape index (κ1) is 27.5. The number of fused-ring (bicyclic) bond motifs is 1. The Morgan fingerprint density at radius 3 is 2.82 bits per heavy atom. The quantitative estimate of drug-likeness (QED) is 0.391. The Morgan fingerprint density at radius 1 is 1.36 bits per heavy atom. The molecule has 1 amide bonds. The van der Waals surface area contributed by atoms with Crippen LogP contribution in [0.2, 0.25) is 5.02 Å². The molecule has 6 nitrogen and oxygen atoms in total. The molecule has 1 N–H and O–H groups in total. The standard InChI is InChI=1S/C27H25ClF4N4O2S/c1-14-7-8-39-24(14)25-35-23(17-5-3-15(29)9-18(17)28)22(19-6-4-16(34-19)10-21(30)31)20-11-27(32,12-36(20)25)13-38-26(37)33-2/h3-9,16,21,23-24H,1,10-13H2,2H3,(H,33,37)/t16?,23-,24?,27?/m0/s1. The van der Waals surface area contributed by atoms with Gasteiger partial charge in [-0.3, -0.25) is 9.98 Å². The van der Waals surface area contributed by atoms with E-state index in [1.165, 1.54) is 37.0 Å². The second-order valence-corrected chi connectivity index (χ2v) is 11.0. The van der Waals surface area contributed by atoms with Gasteiger partial charge in [-0.25, -0.2) is 22.4 Å². The highest BCUT2D eigenvalue weighted by Crippen LogP contribution is 2.48. The number of hydrogen-bond donors (Lipinski definition) is 1. The Balaban J connectivity index is 1.65. The van der Waals surface area contributed by atoms with Crippen LogP contribution >= 0.6 is 23.4 Å². The number of hydrogen-bond acceptors (Lipinski definition) is 6. The number of nitrogens with one attached hydrogen (secondary N) is 1. The van der Waals surface area contributed by atoms with Crippen molar-refractivity contribution in [3.63, 3.8) is 0 Å². The van der Waals surface area contributed by atoms with Crippen LogP contribution in [0.4, 0.5) is 22.4 Å². The maximum absolute atomic E-state index is 16.3. The van der Waals surface area contributed by atoms with E-state index in [1.807, 2.05) is 11.5 Å². The Bertz CT molecular complexity index is 1360. The summed E-state index contributed by atoms with van der Waals surface area (Å²) in [5, 5.41) is 3.98. The third-order valence-electron chi connectivity index (χ3n) is 6.84. The molecule has 1 fully saturated rings. The minimum Gasteiger partial charge on any atom is -0.446 e. The monoisotopic (exact) mass is 580 g/mol. The lowest BCUT2D eigenvalue weighted by Crippen LogP contribution is -2.42. The highest BCUT2D eigenvalue weighted by Gasteiger charge is 2.50. The predicted molar refractivity (Wildman–Crippen MR) is 145 cm³/mol. The van der Waals surface area contributed by atoms with Crippen LogP contribution in [-0.4, -0.2) is 66.1 Å². The number of alkyl carbamates (subject to hydrolysis) is 1. The van der Waals surface area contributed by atoms with Crippen molar-refractivity contribution in [3.8, 4) is 0 Å². The van der Waals surface area contributed by atoms with Gasteiger partial charge in [-0.2, -0.15) is 0 Å². The number of rotatable bonds is 7. The summed E-state index contributed by atoms with van der Waals surface area (Å²) in [6.07, 6.45) is 1.12. The molecule has 4 atom stereocenters. The first-order valence-corrected chi connectivity index (χ1v) is 13.5. The number of ether oxygens (including phenoxy) is 1. The smallest absolute Gasteiger partial charge is 0.406 e. The van der Waals surface area contributed by atoms with E-state index < -0.39 is 49.1 Å². The maximum atomic E-state index is 16.3. The molecule has 0 aliphatic carbocycles. The van der Waals surface area contributed by atoms with Crippen LogP contribution in [0.1, 0.15) is 24.4 Å². The highest BCUT2D eigenvalue weighted by molar-refractivity contribution is 8.03. The van der Waals surface area contributed by atoms with E-state index in [2.05, 4.69) is 16.9 Å². The molecule has 0 spiro atoms.